The average molecular weight is 413 g/mol. The second-order valence-electron chi connectivity index (χ2n) is 6.85. The minimum Gasteiger partial charge on any atom is -0.494 e. The van der Waals surface area contributed by atoms with E-state index in [4.69, 9.17) is 9.26 Å². The number of hydrogen-bond donors (Lipinski definition) is 0. The van der Waals surface area contributed by atoms with Crippen LogP contribution < -0.4 is 4.74 Å². The van der Waals surface area contributed by atoms with Crippen LogP contribution in [0.5, 0.6) is 5.75 Å². The van der Waals surface area contributed by atoms with Gasteiger partial charge in [0.05, 0.1) is 11.5 Å². The van der Waals surface area contributed by atoms with Gasteiger partial charge in [0.2, 0.25) is 21.7 Å². The highest BCUT2D eigenvalue weighted by Crippen LogP contribution is 2.35. The van der Waals surface area contributed by atoms with Crippen LogP contribution >= 0.6 is 0 Å². The average Bonchev–Trinajstić information content (AvgIpc) is 3.25. The first-order valence-electron chi connectivity index (χ1n) is 9.73. The Morgan fingerprint density at radius 1 is 1.10 bits per heavy atom. The van der Waals surface area contributed by atoms with Crippen molar-refractivity contribution in [3.63, 3.8) is 0 Å². The van der Waals surface area contributed by atoms with Gasteiger partial charge in [-0.1, -0.05) is 41.9 Å². The van der Waals surface area contributed by atoms with Gasteiger partial charge in [0.1, 0.15) is 11.8 Å². The number of rotatable bonds is 6. The highest BCUT2D eigenvalue weighted by Gasteiger charge is 2.37. The Morgan fingerprint density at radius 3 is 2.59 bits per heavy atom. The van der Waals surface area contributed by atoms with E-state index in [0.717, 1.165) is 18.4 Å². The lowest BCUT2D eigenvalue weighted by molar-refractivity contribution is 0.204. The molecule has 2 aromatic carbocycles. The van der Waals surface area contributed by atoms with Crippen LogP contribution in [0.25, 0.3) is 11.4 Å². The molecule has 2 heterocycles. The summed E-state index contributed by atoms with van der Waals surface area (Å²) in [5.41, 5.74) is 0.833. The molecule has 3 aromatic rings. The molecule has 29 heavy (non-hydrogen) atoms. The van der Waals surface area contributed by atoms with Gasteiger partial charge in [-0.25, -0.2) is 8.42 Å². The largest absolute Gasteiger partial charge is 0.494 e. The topological polar surface area (TPSA) is 85.5 Å². The third kappa shape index (κ3) is 4.04. The van der Waals surface area contributed by atoms with Crippen LogP contribution in [-0.2, 0) is 10.0 Å². The molecule has 0 N–H and O–H groups in total. The van der Waals surface area contributed by atoms with Crippen molar-refractivity contribution in [2.75, 3.05) is 13.2 Å². The van der Waals surface area contributed by atoms with E-state index >= 15 is 0 Å². The van der Waals surface area contributed by atoms with Crippen molar-refractivity contribution in [3.05, 3.63) is 60.5 Å². The Kier molecular flexibility index (Phi) is 5.64. The molecule has 0 spiro atoms. The van der Waals surface area contributed by atoms with Crippen molar-refractivity contribution in [2.45, 2.75) is 37.1 Å². The van der Waals surface area contributed by atoms with Crippen molar-refractivity contribution >= 4 is 10.0 Å². The second kappa shape index (κ2) is 8.34. The van der Waals surface area contributed by atoms with Crippen LogP contribution in [0.2, 0.25) is 0 Å². The van der Waals surface area contributed by atoms with E-state index in [2.05, 4.69) is 10.1 Å². The first-order valence-corrected chi connectivity index (χ1v) is 11.2. The van der Waals surface area contributed by atoms with E-state index < -0.39 is 16.1 Å². The standard InChI is InChI=1S/C21H23N3O4S/c1-2-27-17-11-13-18(14-12-17)29(25,26)24-15-7-6-10-19(24)21-22-20(23-28-21)16-8-4-3-5-9-16/h3-5,8-9,11-14,19H,2,6-7,10,15H2,1H3. The highest BCUT2D eigenvalue weighted by molar-refractivity contribution is 7.89. The maximum atomic E-state index is 13.3. The molecular weight excluding hydrogens is 390 g/mol. The molecule has 0 bridgehead atoms. The minimum atomic E-state index is -3.70. The maximum absolute atomic E-state index is 13.3. The predicted molar refractivity (Wildman–Crippen MR) is 108 cm³/mol. The van der Waals surface area contributed by atoms with E-state index in [1.165, 1.54) is 4.31 Å². The summed E-state index contributed by atoms with van der Waals surface area (Å²) in [5.74, 6) is 1.44. The van der Waals surface area contributed by atoms with Gasteiger partial charge < -0.3 is 9.26 Å². The van der Waals surface area contributed by atoms with Crippen molar-refractivity contribution < 1.29 is 17.7 Å². The van der Waals surface area contributed by atoms with Crippen molar-refractivity contribution in [1.29, 1.82) is 0 Å². The van der Waals surface area contributed by atoms with E-state index in [1.54, 1.807) is 24.3 Å². The lowest BCUT2D eigenvalue weighted by atomic mass is 10.1. The van der Waals surface area contributed by atoms with Gasteiger partial charge >= 0.3 is 0 Å². The summed E-state index contributed by atoms with van der Waals surface area (Å²) in [6, 6.07) is 15.5. The molecule has 0 saturated carbocycles. The summed E-state index contributed by atoms with van der Waals surface area (Å²) in [5, 5.41) is 4.06. The maximum Gasteiger partial charge on any atom is 0.245 e. The zero-order valence-corrected chi connectivity index (χ0v) is 17.0. The Bertz CT molecular complexity index is 1050. The lowest BCUT2D eigenvalue weighted by Crippen LogP contribution is -2.38. The molecule has 1 fully saturated rings. The molecule has 7 nitrogen and oxygen atoms in total. The molecule has 1 aliphatic heterocycles. The van der Waals surface area contributed by atoms with Gasteiger partial charge in [0.25, 0.3) is 0 Å². The van der Waals surface area contributed by atoms with Gasteiger partial charge in [-0.05, 0) is 44.0 Å². The zero-order valence-electron chi connectivity index (χ0n) is 16.2. The monoisotopic (exact) mass is 413 g/mol. The molecule has 4 rings (SSSR count). The van der Waals surface area contributed by atoms with Crippen LogP contribution in [-0.4, -0.2) is 36.0 Å². The van der Waals surface area contributed by atoms with Crippen LogP contribution in [0.15, 0.2) is 64.0 Å². The van der Waals surface area contributed by atoms with Gasteiger partial charge in [0, 0.05) is 12.1 Å². The summed E-state index contributed by atoms with van der Waals surface area (Å²) >= 11 is 0. The highest BCUT2D eigenvalue weighted by atomic mass is 32.2. The van der Waals surface area contributed by atoms with Crippen LogP contribution in [0, 0.1) is 0 Å². The zero-order chi connectivity index (χ0) is 20.3. The lowest BCUT2D eigenvalue weighted by Gasteiger charge is -2.32. The molecule has 1 aromatic heterocycles. The summed E-state index contributed by atoms with van der Waals surface area (Å²) < 4.78 is 39.0. The van der Waals surface area contributed by atoms with Crippen LogP contribution in [0.4, 0.5) is 0 Å². The molecule has 0 aliphatic carbocycles. The molecule has 0 amide bonds. The van der Waals surface area contributed by atoms with Crippen LogP contribution in [0.3, 0.4) is 0 Å². The molecule has 0 radical (unpaired) electrons. The summed E-state index contributed by atoms with van der Waals surface area (Å²) in [7, 11) is -3.70. The summed E-state index contributed by atoms with van der Waals surface area (Å²) in [6.45, 7) is 2.83. The Hall–Kier alpha value is -2.71. The minimum absolute atomic E-state index is 0.232. The van der Waals surface area contributed by atoms with Crippen molar-refractivity contribution in [1.82, 2.24) is 14.4 Å². The number of nitrogens with zero attached hydrogens (tertiary/aromatic N) is 3. The number of ether oxygens (including phenoxy) is 1. The first kappa shape index (κ1) is 19.6. The molecular formula is C21H23N3O4S. The van der Waals surface area contributed by atoms with Gasteiger partial charge in [0.15, 0.2) is 0 Å². The SMILES string of the molecule is CCOc1ccc(S(=O)(=O)N2CCCCC2c2nc(-c3ccccc3)no2)cc1. The predicted octanol–water partition coefficient (Wildman–Crippen LogP) is 4.05. The van der Waals surface area contributed by atoms with E-state index in [0.29, 0.717) is 37.0 Å². The van der Waals surface area contributed by atoms with Crippen molar-refractivity contribution in [3.8, 4) is 17.1 Å². The number of aromatic nitrogens is 2. The normalized spacial score (nSPS) is 17.9. The molecule has 1 unspecified atom stereocenters. The van der Waals surface area contributed by atoms with Gasteiger partial charge in [-0.2, -0.15) is 9.29 Å². The molecule has 1 atom stereocenters. The fourth-order valence-corrected chi connectivity index (χ4v) is 5.18. The number of benzene rings is 2. The number of sulfonamides is 1. The quantitative estimate of drug-likeness (QED) is 0.606. The van der Waals surface area contributed by atoms with Crippen molar-refractivity contribution in [2.24, 2.45) is 0 Å². The molecule has 1 saturated heterocycles. The third-order valence-corrected chi connectivity index (χ3v) is 6.88. The second-order valence-corrected chi connectivity index (χ2v) is 8.74. The Labute approximate surface area is 170 Å². The van der Waals surface area contributed by atoms with E-state index in [1.807, 2.05) is 37.3 Å². The summed E-state index contributed by atoms with van der Waals surface area (Å²) in [4.78, 5) is 4.73. The fourth-order valence-electron chi connectivity index (χ4n) is 3.52. The van der Waals surface area contributed by atoms with E-state index in [-0.39, 0.29) is 4.90 Å². The number of hydrogen-bond acceptors (Lipinski definition) is 6. The first-order chi connectivity index (χ1) is 14.1. The molecule has 1 aliphatic rings. The van der Waals surface area contributed by atoms with Gasteiger partial charge in [-0.15, -0.1) is 0 Å². The van der Waals surface area contributed by atoms with E-state index in [9.17, 15) is 8.42 Å². The number of piperidine rings is 1. The van der Waals surface area contributed by atoms with Crippen LogP contribution in [0.1, 0.15) is 38.1 Å². The Balaban J connectivity index is 1.63. The third-order valence-electron chi connectivity index (χ3n) is 4.95. The molecule has 8 heteroatoms. The molecule has 152 valence electrons. The van der Waals surface area contributed by atoms with Gasteiger partial charge in [-0.3, -0.25) is 0 Å². The fraction of sp³-hybridized carbons (Fsp3) is 0.333. The summed E-state index contributed by atoms with van der Waals surface area (Å²) in [6.07, 6.45) is 2.35. The smallest absolute Gasteiger partial charge is 0.245 e. The Morgan fingerprint density at radius 2 is 1.86 bits per heavy atom.